The number of aliphatic hydroxyl groups excluding tert-OH is 1. The molecule has 202 valence electrons. The van der Waals surface area contributed by atoms with Crippen LogP contribution >= 0.6 is 11.8 Å². The van der Waals surface area contributed by atoms with Crippen LogP contribution in [0.4, 0.5) is 9.18 Å². The predicted molar refractivity (Wildman–Crippen MR) is 133 cm³/mol. The Kier molecular flexibility index (Phi) is 8.15. The van der Waals surface area contributed by atoms with Crippen molar-refractivity contribution in [3.8, 4) is 0 Å². The van der Waals surface area contributed by atoms with E-state index < -0.39 is 36.5 Å². The predicted octanol–water partition coefficient (Wildman–Crippen LogP) is 3.26. The molecule has 5 atom stereocenters. The maximum Gasteiger partial charge on any atom is 0.511 e. The number of benzene rings is 1. The van der Waals surface area contributed by atoms with Crippen LogP contribution in [-0.4, -0.2) is 75.8 Å². The van der Waals surface area contributed by atoms with Crippen molar-refractivity contribution in [1.82, 2.24) is 9.80 Å². The lowest BCUT2D eigenvalue weighted by atomic mass is 9.79. The van der Waals surface area contributed by atoms with Gasteiger partial charge < -0.3 is 24.2 Å². The minimum absolute atomic E-state index is 0.147. The summed E-state index contributed by atoms with van der Waals surface area (Å²) in [5.74, 6) is -2.12. The molecule has 1 aromatic rings. The lowest BCUT2D eigenvalue weighted by Gasteiger charge is -2.46. The summed E-state index contributed by atoms with van der Waals surface area (Å²) in [5.41, 5.74) is 1.16. The SMILES string of the molecule is CC(C)OC(=O)OC(C)OC(=O)C1=C(SC2CN(Cc3ccc(F)cc3)C2)[C@H](C)[C@@H]2[C@@H]([C@@H](C)O)C(=O)N12. The molecule has 4 rings (SSSR count). The quantitative estimate of drug-likeness (QED) is 0.289. The number of aliphatic hydroxyl groups is 1. The van der Waals surface area contributed by atoms with E-state index in [1.165, 1.54) is 35.7 Å². The van der Waals surface area contributed by atoms with Gasteiger partial charge in [0, 0.05) is 42.6 Å². The van der Waals surface area contributed by atoms with Gasteiger partial charge in [-0.25, -0.2) is 14.0 Å². The molecule has 0 radical (unpaired) electrons. The number of carbonyl (C=O) groups excluding carboxylic acids is 3. The molecule has 37 heavy (non-hydrogen) atoms. The van der Waals surface area contributed by atoms with Crippen LogP contribution in [0.1, 0.15) is 40.2 Å². The minimum Gasteiger partial charge on any atom is -0.431 e. The summed E-state index contributed by atoms with van der Waals surface area (Å²) in [5, 5.41) is 10.4. The Morgan fingerprint density at radius 1 is 1.11 bits per heavy atom. The Hall–Kier alpha value is -2.63. The van der Waals surface area contributed by atoms with E-state index in [0.29, 0.717) is 6.54 Å². The summed E-state index contributed by atoms with van der Waals surface area (Å²) in [6.07, 6.45) is -3.41. The number of thioether (sulfide) groups is 1. The number of likely N-dealkylation sites (tertiary alicyclic amines) is 1. The van der Waals surface area contributed by atoms with Crippen molar-refractivity contribution >= 4 is 29.8 Å². The molecule has 1 amide bonds. The van der Waals surface area contributed by atoms with Crippen molar-refractivity contribution in [1.29, 1.82) is 0 Å². The summed E-state index contributed by atoms with van der Waals surface area (Å²) >= 11 is 1.54. The number of halogens is 1. The van der Waals surface area contributed by atoms with Gasteiger partial charge >= 0.3 is 12.1 Å². The van der Waals surface area contributed by atoms with E-state index in [2.05, 4.69) is 4.90 Å². The van der Waals surface area contributed by atoms with Gasteiger partial charge in [-0.05, 0) is 38.5 Å². The molecular weight excluding hydrogens is 503 g/mol. The summed E-state index contributed by atoms with van der Waals surface area (Å²) < 4.78 is 28.5. The normalized spacial score (nSPS) is 25.4. The van der Waals surface area contributed by atoms with E-state index in [-0.39, 0.29) is 34.6 Å². The van der Waals surface area contributed by atoms with E-state index in [9.17, 15) is 23.9 Å². The molecule has 3 aliphatic heterocycles. The number of esters is 1. The van der Waals surface area contributed by atoms with Crippen LogP contribution in [-0.2, 0) is 30.3 Å². The fraction of sp³-hybridized carbons (Fsp3) is 0.577. The number of hydrogen-bond donors (Lipinski definition) is 1. The number of β-lactam (4-membered cyclic amide) rings is 1. The molecule has 11 heteroatoms. The number of ether oxygens (including phenoxy) is 3. The minimum atomic E-state index is -1.22. The topological polar surface area (TPSA) is 106 Å². The first-order valence-corrected chi connectivity index (χ1v) is 13.3. The zero-order valence-corrected chi connectivity index (χ0v) is 22.4. The first-order valence-electron chi connectivity index (χ1n) is 12.4. The van der Waals surface area contributed by atoms with E-state index in [0.717, 1.165) is 23.6 Å². The number of hydrogen-bond acceptors (Lipinski definition) is 9. The van der Waals surface area contributed by atoms with Crippen LogP contribution in [0.15, 0.2) is 34.9 Å². The van der Waals surface area contributed by atoms with Gasteiger partial charge in [-0.3, -0.25) is 9.69 Å². The molecule has 2 fully saturated rings. The molecular formula is C26H33FN2O7S. The summed E-state index contributed by atoms with van der Waals surface area (Å²) in [6.45, 7) is 10.5. The highest BCUT2D eigenvalue weighted by Crippen LogP contribution is 2.52. The Morgan fingerprint density at radius 2 is 1.76 bits per heavy atom. The molecule has 0 saturated carbocycles. The summed E-state index contributed by atoms with van der Waals surface area (Å²) in [6, 6.07) is 6.07. The number of rotatable bonds is 9. The Labute approximate surface area is 219 Å². The number of nitrogens with zero attached hydrogens (tertiary/aromatic N) is 2. The molecule has 0 aliphatic carbocycles. The maximum absolute atomic E-state index is 13.2. The molecule has 1 unspecified atom stereocenters. The van der Waals surface area contributed by atoms with E-state index in [4.69, 9.17) is 14.2 Å². The number of amides is 1. The molecule has 0 spiro atoms. The first-order chi connectivity index (χ1) is 17.5. The largest absolute Gasteiger partial charge is 0.511 e. The van der Waals surface area contributed by atoms with Gasteiger partial charge in [0.25, 0.3) is 0 Å². The monoisotopic (exact) mass is 536 g/mol. The zero-order valence-electron chi connectivity index (χ0n) is 21.5. The summed E-state index contributed by atoms with van der Waals surface area (Å²) in [4.78, 5) is 42.3. The van der Waals surface area contributed by atoms with Gasteiger partial charge in [-0.2, -0.15) is 0 Å². The van der Waals surface area contributed by atoms with Crippen LogP contribution in [0.5, 0.6) is 0 Å². The second-order valence-corrected chi connectivity index (χ2v) is 11.4. The third-order valence-corrected chi connectivity index (χ3v) is 8.16. The van der Waals surface area contributed by atoms with Crippen LogP contribution in [0.3, 0.4) is 0 Å². The highest BCUT2D eigenvalue weighted by atomic mass is 32.2. The van der Waals surface area contributed by atoms with Crippen molar-refractivity contribution in [3.05, 3.63) is 46.2 Å². The van der Waals surface area contributed by atoms with E-state index >= 15 is 0 Å². The molecule has 0 bridgehead atoms. The van der Waals surface area contributed by atoms with E-state index in [1.807, 2.05) is 6.92 Å². The lowest BCUT2D eigenvalue weighted by molar-refractivity contribution is -0.174. The fourth-order valence-electron chi connectivity index (χ4n) is 5.01. The zero-order chi connectivity index (χ0) is 27.0. The van der Waals surface area contributed by atoms with E-state index in [1.54, 1.807) is 32.9 Å². The Balaban J connectivity index is 1.45. The molecule has 3 aliphatic rings. The highest BCUT2D eigenvalue weighted by Gasteiger charge is 2.60. The van der Waals surface area contributed by atoms with Crippen molar-refractivity contribution in [2.45, 2.75) is 71.0 Å². The van der Waals surface area contributed by atoms with Gasteiger partial charge in [-0.1, -0.05) is 19.1 Å². The van der Waals surface area contributed by atoms with Crippen LogP contribution in [0.2, 0.25) is 0 Å². The number of fused-ring (bicyclic) bond motifs is 1. The van der Waals surface area contributed by atoms with Gasteiger partial charge in [0.2, 0.25) is 12.2 Å². The van der Waals surface area contributed by atoms with Gasteiger partial charge in [0.1, 0.15) is 11.5 Å². The van der Waals surface area contributed by atoms with Crippen LogP contribution in [0.25, 0.3) is 0 Å². The van der Waals surface area contributed by atoms with Crippen LogP contribution < -0.4 is 0 Å². The second-order valence-electron chi connectivity index (χ2n) is 10.0. The average Bonchev–Trinajstić information content (AvgIpc) is 3.00. The molecule has 1 N–H and O–H groups in total. The smallest absolute Gasteiger partial charge is 0.431 e. The Morgan fingerprint density at radius 3 is 2.35 bits per heavy atom. The Bertz CT molecular complexity index is 1070. The van der Waals surface area contributed by atoms with Crippen molar-refractivity contribution in [3.63, 3.8) is 0 Å². The lowest BCUT2D eigenvalue weighted by Crippen LogP contribution is -2.63. The molecule has 0 aromatic heterocycles. The van der Waals surface area contributed by atoms with Gasteiger partial charge in [0.15, 0.2) is 0 Å². The highest BCUT2D eigenvalue weighted by molar-refractivity contribution is 8.03. The maximum atomic E-state index is 13.2. The average molecular weight is 537 g/mol. The van der Waals surface area contributed by atoms with Gasteiger partial charge in [-0.15, -0.1) is 11.8 Å². The van der Waals surface area contributed by atoms with Crippen LogP contribution in [0, 0.1) is 17.7 Å². The van der Waals surface area contributed by atoms with Crippen molar-refractivity contribution < 1.29 is 38.1 Å². The number of carbonyl (C=O) groups is 3. The van der Waals surface area contributed by atoms with Gasteiger partial charge in [0.05, 0.1) is 24.2 Å². The van der Waals surface area contributed by atoms with Crippen molar-refractivity contribution in [2.24, 2.45) is 11.8 Å². The molecule has 1 aromatic carbocycles. The molecule has 9 nitrogen and oxygen atoms in total. The first kappa shape index (κ1) is 27.4. The third kappa shape index (κ3) is 5.78. The molecule has 3 heterocycles. The summed E-state index contributed by atoms with van der Waals surface area (Å²) in [7, 11) is 0. The fourth-order valence-corrected chi connectivity index (χ4v) is 6.59. The second kappa shape index (κ2) is 11.0. The third-order valence-electron chi connectivity index (χ3n) is 6.71. The standard InChI is InChI=1S/C26H33FN2O7S/c1-13(2)34-26(33)36-16(5)35-25(32)22-23(14(3)21-20(15(4)30)24(31)29(21)22)37-19-11-28(12-19)10-17-6-8-18(27)9-7-17/h6-9,13-16,19-21,30H,10-12H2,1-5H3/t14-,15-,16?,20-,21-/m1/s1. The molecule has 2 saturated heterocycles. The van der Waals surface area contributed by atoms with Crippen molar-refractivity contribution in [2.75, 3.05) is 13.1 Å².